The number of piperazine rings is 1. The van der Waals surface area contributed by atoms with Crippen LogP contribution >= 0.6 is 11.5 Å². The van der Waals surface area contributed by atoms with Gasteiger partial charge in [-0.3, -0.25) is 9.69 Å². The van der Waals surface area contributed by atoms with Crippen LogP contribution in [0.2, 0.25) is 0 Å². The van der Waals surface area contributed by atoms with Gasteiger partial charge in [0.05, 0.1) is 10.4 Å². The van der Waals surface area contributed by atoms with Gasteiger partial charge in [-0.1, -0.05) is 13.8 Å². The normalized spacial score (nSPS) is 18.4. The van der Waals surface area contributed by atoms with Crippen molar-refractivity contribution in [2.75, 3.05) is 49.1 Å². The van der Waals surface area contributed by atoms with Gasteiger partial charge < -0.3 is 9.80 Å². The van der Waals surface area contributed by atoms with Crippen molar-refractivity contribution in [1.82, 2.24) is 9.27 Å². The minimum atomic E-state index is -0.242. The van der Waals surface area contributed by atoms with Crippen LogP contribution < -0.4 is 9.80 Å². The van der Waals surface area contributed by atoms with Gasteiger partial charge in [0.15, 0.2) is 0 Å². The molecule has 2 aromatic carbocycles. The zero-order chi connectivity index (χ0) is 24.0. The van der Waals surface area contributed by atoms with E-state index in [1.807, 2.05) is 4.90 Å². The number of amides is 1. The first-order valence-electron chi connectivity index (χ1n) is 11.9. The standard InChI is InChI=1S/C26H30F2N4OS/c1-17(33)32-9-7-26(2,3)22-16-20(28)14-18(24(22)32)6-8-30-10-12-31(13-11-30)25-21-15-19(27)4-5-23(21)34-29-25/h4-5,14-16H,6-13H2,1-3H3. The summed E-state index contributed by atoms with van der Waals surface area (Å²) in [5.41, 5.74) is 2.57. The minimum Gasteiger partial charge on any atom is -0.353 e. The zero-order valence-corrected chi connectivity index (χ0v) is 20.7. The number of fused-ring (bicyclic) bond motifs is 2. The molecule has 3 heterocycles. The summed E-state index contributed by atoms with van der Waals surface area (Å²) in [5.74, 6) is 0.385. The highest BCUT2D eigenvalue weighted by atomic mass is 32.1. The van der Waals surface area contributed by atoms with Crippen LogP contribution in [0.25, 0.3) is 10.1 Å². The van der Waals surface area contributed by atoms with E-state index in [1.165, 1.54) is 17.6 Å². The van der Waals surface area contributed by atoms with E-state index < -0.39 is 0 Å². The zero-order valence-electron chi connectivity index (χ0n) is 19.9. The summed E-state index contributed by atoms with van der Waals surface area (Å²) in [6.07, 6.45) is 1.50. The second kappa shape index (κ2) is 8.89. The molecule has 0 spiro atoms. The number of aromatic nitrogens is 1. The van der Waals surface area contributed by atoms with Crippen LogP contribution in [0.4, 0.5) is 20.3 Å². The Morgan fingerprint density at radius 1 is 1.06 bits per heavy atom. The molecule has 2 aliphatic heterocycles. The first kappa shape index (κ1) is 23.2. The van der Waals surface area contributed by atoms with Gasteiger partial charge in [0, 0.05) is 51.6 Å². The molecule has 0 bridgehead atoms. The Hall–Kier alpha value is -2.58. The van der Waals surface area contributed by atoms with Crippen molar-refractivity contribution in [2.24, 2.45) is 0 Å². The molecule has 8 heteroatoms. The number of carbonyl (C=O) groups excluding carboxylic acids is 1. The predicted octanol–water partition coefficient (Wildman–Crippen LogP) is 4.97. The highest BCUT2D eigenvalue weighted by molar-refractivity contribution is 7.13. The molecular formula is C26H30F2N4OS. The summed E-state index contributed by atoms with van der Waals surface area (Å²) >= 11 is 1.40. The maximum atomic E-state index is 14.6. The van der Waals surface area contributed by atoms with Crippen molar-refractivity contribution in [3.63, 3.8) is 0 Å². The first-order chi connectivity index (χ1) is 16.2. The Kier molecular flexibility index (Phi) is 6.06. The maximum absolute atomic E-state index is 14.6. The minimum absolute atomic E-state index is 0.00477. The van der Waals surface area contributed by atoms with Gasteiger partial charge >= 0.3 is 0 Å². The van der Waals surface area contributed by atoms with Crippen LogP contribution in [-0.2, 0) is 16.6 Å². The summed E-state index contributed by atoms with van der Waals surface area (Å²) in [4.78, 5) is 18.8. The Morgan fingerprint density at radius 2 is 1.82 bits per heavy atom. The lowest BCUT2D eigenvalue weighted by molar-refractivity contribution is -0.116. The molecule has 1 aromatic heterocycles. The molecule has 2 aliphatic rings. The number of hydrogen-bond donors (Lipinski definition) is 0. The molecule has 5 nitrogen and oxygen atoms in total. The molecule has 3 aromatic rings. The van der Waals surface area contributed by atoms with Crippen molar-refractivity contribution in [3.8, 4) is 0 Å². The Morgan fingerprint density at radius 3 is 2.56 bits per heavy atom. The van der Waals surface area contributed by atoms with E-state index in [-0.39, 0.29) is 23.0 Å². The van der Waals surface area contributed by atoms with Crippen molar-refractivity contribution in [1.29, 1.82) is 0 Å². The van der Waals surface area contributed by atoms with Crippen LogP contribution in [-0.4, -0.2) is 54.4 Å². The molecule has 1 saturated heterocycles. The fraction of sp³-hybridized carbons (Fsp3) is 0.462. The fourth-order valence-corrected chi connectivity index (χ4v) is 6.00. The van der Waals surface area contributed by atoms with E-state index in [0.29, 0.717) is 13.0 Å². The third kappa shape index (κ3) is 4.29. The molecule has 0 aliphatic carbocycles. The van der Waals surface area contributed by atoms with Crippen LogP contribution in [0.5, 0.6) is 0 Å². The summed E-state index contributed by atoms with van der Waals surface area (Å²) < 4.78 is 33.9. The number of nitrogens with zero attached hydrogens (tertiary/aromatic N) is 4. The number of rotatable bonds is 4. The molecule has 0 saturated carbocycles. The number of carbonyl (C=O) groups is 1. The molecule has 0 N–H and O–H groups in total. The number of hydrogen-bond acceptors (Lipinski definition) is 5. The molecule has 34 heavy (non-hydrogen) atoms. The van der Waals surface area contributed by atoms with E-state index in [9.17, 15) is 13.6 Å². The monoisotopic (exact) mass is 484 g/mol. The Balaban J connectivity index is 1.30. The van der Waals surface area contributed by atoms with Crippen LogP contribution in [0, 0.1) is 11.6 Å². The summed E-state index contributed by atoms with van der Waals surface area (Å²) in [6.45, 7) is 10.6. The topological polar surface area (TPSA) is 39.7 Å². The van der Waals surface area contributed by atoms with Crippen LogP contribution in [0.1, 0.15) is 38.3 Å². The molecule has 5 rings (SSSR count). The highest BCUT2D eigenvalue weighted by Gasteiger charge is 2.35. The Labute approximate surface area is 203 Å². The van der Waals surface area contributed by atoms with Gasteiger partial charge in [-0.25, -0.2) is 8.78 Å². The van der Waals surface area contributed by atoms with Gasteiger partial charge in [-0.05, 0) is 71.2 Å². The van der Waals surface area contributed by atoms with Gasteiger partial charge in [0.2, 0.25) is 5.91 Å². The second-order valence-electron chi connectivity index (χ2n) is 9.99. The molecule has 0 atom stereocenters. The van der Waals surface area contributed by atoms with Gasteiger partial charge in [-0.15, -0.1) is 0 Å². The molecule has 1 fully saturated rings. The third-order valence-corrected chi connectivity index (χ3v) is 8.09. The smallest absolute Gasteiger partial charge is 0.223 e. The fourth-order valence-electron chi connectivity index (χ4n) is 5.22. The molecule has 1 amide bonds. The van der Waals surface area contributed by atoms with Crippen molar-refractivity contribution in [3.05, 3.63) is 53.1 Å². The average Bonchev–Trinajstić information content (AvgIpc) is 3.21. The Bertz CT molecular complexity index is 1230. The summed E-state index contributed by atoms with van der Waals surface area (Å²) in [6, 6.07) is 8.03. The van der Waals surface area contributed by atoms with E-state index in [4.69, 9.17) is 0 Å². The van der Waals surface area contributed by atoms with Crippen LogP contribution in [0.3, 0.4) is 0 Å². The van der Waals surface area contributed by atoms with Gasteiger partial charge in [-0.2, -0.15) is 4.37 Å². The summed E-state index contributed by atoms with van der Waals surface area (Å²) in [7, 11) is 0. The number of benzene rings is 2. The maximum Gasteiger partial charge on any atom is 0.223 e. The van der Waals surface area contributed by atoms with Crippen LogP contribution in [0.15, 0.2) is 30.3 Å². The second-order valence-corrected chi connectivity index (χ2v) is 10.8. The first-order valence-corrected chi connectivity index (χ1v) is 12.6. The third-order valence-electron chi connectivity index (χ3n) is 7.28. The lowest BCUT2D eigenvalue weighted by Gasteiger charge is -2.40. The average molecular weight is 485 g/mol. The van der Waals surface area contributed by atoms with E-state index in [1.54, 1.807) is 31.2 Å². The largest absolute Gasteiger partial charge is 0.353 e. The summed E-state index contributed by atoms with van der Waals surface area (Å²) in [5, 5.41) is 0.872. The molecular weight excluding hydrogens is 454 g/mol. The molecule has 0 unspecified atom stereocenters. The molecule has 180 valence electrons. The van der Waals surface area contributed by atoms with Crippen molar-refractivity contribution >= 4 is 39.0 Å². The predicted molar refractivity (Wildman–Crippen MR) is 134 cm³/mol. The SMILES string of the molecule is CC(=O)N1CCC(C)(C)c2cc(F)cc(CCN3CCN(c4nsc5ccc(F)cc45)CC3)c21. The highest BCUT2D eigenvalue weighted by Crippen LogP contribution is 2.42. The quantitative estimate of drug-likeness (QED) is 0.524. The molecule has 0 radical (unpaired) electrons. The van der Waals surface area contributed by atoms with Gasteiger partial charge in [0.1, 0.15) is 17.5 Å². The van der Waals surface area contributed by atoms with E-state index in [2.05, 4.69) is 28.0 Å². The number of anilines is 2. The number of halogens is 2. The van der Waals surface area contributed by atoms with Crippen molar-refractivity contribution < 1.29 is 13.6 Å². The lowest BCUT2D eigenvalue weighted by Crippen LogP contribution is -2.47. The van der Waals surface area contributed by atoms with Crippen molar-refractivity contribution in [2.45, 2.75) is 39.0 Å². The lowest BCUT2D eigenvalue weighted by atomic mass is 9.76. The van der Waals surface area contributed by atoms with E-state index >= 15 is 0 Å². The van der Waals surface area contributed by atoms with Gasteiger partial charge in [0.25, 0.3) is 0 Å². The van der Waals surface area contributed by atoms with E-state index in [0.717, 1.165) is 71.9 Å².